The summed E-state index contributed by atoms with van der Waals surface area (Å²) in [5.41, 5.74) is 1.37. The lowest BCUT2D eigenvalue weighted by atomic mass is 9.98. The van der Waals surface area contributed by atoms with Gasteiger partial charge in [0.05, 0.1) is 30.0 Å². The van der Waals surface area contributed by atoms with E-state index < -0.39 is 0 Å². The summed E-state index contributed by atoms with van der Waals surface area (Å²) in [6.45, 7) is 0. The number of methoxy groups -OCH3 is 1. The van der Waals surface area contributed by atoms with Crippen LogP contribution in [0.2, 0.25) is 0 Å². The third-order valence-corrected chi connectivity index (χ3v) is 5.05. The van der Waals surface area contributed by atoms with Gasteiger partial charge in [-0.15, -0.1) is 0 Å². The number of ether oxygens (including phenoxy) is 2. The second kappa shape index (κ2) is 6.83. The van der Waals surface area contributed by atoms with Gasteiger partial charge in [0.25, 0.3) is 11.8 Å². The summed E-state index contributed by atoms with van der Waals surface area (Å²) >= 11 is 0. The Hall–Kier alpha value is -2.82. The molecule has 1 aliphatic heterocycles. The summed E-state index contributed by atoms with van der Waals surface area (Å²) < 4.78 is 11.6. The van der Waals surface area contributed by atoms with Crippen molar-refractivity contribution >= 4 is 17.5 Å². The Morgan fingerprint density at radius 2 is 1.54 bits per heavy atom. The average molecular weight is 351 g/mol. The van der Waals surface area contributed by atoms with Crippen LogP contribution in [0.15, 0.2) is 42.5 Å². The minimum Gasteiger partial charge on any atom is -0.493 e. The van der Waals surface area contributed by atoms with E-state index in [1.54, 1.807) is 49.6 Å². The van der Waals surface area contributed by atoms with Crippen LogP contribution in [0.3, 0.4) is 0 Å². The van der Waals surface area contributed by atoms with Gasteiger partial charge in [-0.05, 0) is 49.9 Å². The fourth-order valence-electron chi connectivity index (χ4n) is 3.68. The van der Waals surface area contributed by atoms with Gasteiger partial charge in [0, 0.05) is 6.07 Å². The lowest BCUT2D eigenvalue weighted by Crippen LogP contribution is -2.29. The Bertz CT molecular complexity index is 820. The molecule has 1 saturated carbocycles. The molecule has 5 nitrogen and oxygen atoms in total. The van der Waals surface area contributed by atoms with Crippen LogP contribution in [0.25, 0.3) is 0 Å². The third kappa shape index (κ3) is 2.83. The first-order valence-corrected chi connectivity index (χ1v) is 9.01. The summed E-state index contributed by atoms with van der Waals surface area (Å²) in [7, 11) is 1.59. The second-order valence-electron chi connectivity index (χ2n) is 6.70. The van der Waals surface area contributed by atoms with Crippen LogP contribution in [0.4, 0.5) is 5.69 Å². The van der Waals surface area contributed by atoms with Gasteiger partial charge in [-0.2, -0.15) is 0 Å². The van der Waals surface area contributed by atoms with Crippen molar-refractivity contribution < 1.29 is 19.1 Å². The Kier molecular flexibility index (Phi) is 4.37. The number of amides is 2. The van der Waals surface area contributed by atoms with Gasteiger partial charge >= 0.3 is 0 Å². The van der Waals surface area contributed by atoms with Gasteiger partial charge in [0.15, 0.2) is 11.5 Å². The zero-order valence-electron chi connectivity index (χ0n) is 14.7. The summed E-state index contributed by atoms with van der Waals surface area (Å²) in [4.78, 5) is 26.6. The number of carbonyl (C=O) groups is 2. The fourth-order valence-corrected chi connectivity index (χ4v) is 3.68. The minimum atomic E-state index is -0.306. The van der Waals surface area contributed by atoms with Gasteiger partial charge in [0.1, 0.15) is 0 Å². The van der Waals surface area contributed by atoms with E-state index in [9.17, 15) is 9.59 Å². The SMILES string of the molecule is COc1ccc(N2C(=O)c3ccccc3C2=O)cc1OC1CCCCC1. The number of anilines is 1. The Labute approximate surface area is 152 Å². The average Bonchev–Trinajstić information content (AvgIpc) is 2.94. The van der Waals surface area contributed by atoms with Gasteiger partial charge in [-0.25, -0.2) is 4.90 Å². The fraction of sp³-hybridized carbons (Fsp3) is 0.333. The normalized spacial score (nSPS) is 17.3. The van der Waals surface area contributed by atoms with E-state index in [2.05, 4.69) is 0 Å². The highest BCUT2D eigenvalue weighted by Crippen LogP contribution is 2.37. The number of hydrogen-bond acceptors (Lipinski definition) is 4. The van der Waals surface area contributed by atoms with E-state index in [1.807, 2.05) is 0 Å². The molecule has 1 aliphatic carbocycles. The summed E-state index contributed by atoms with van der Waals surface area (Å²) in [6.07, 6.45) is 5.73. The highest BCUT2D eigenvalue weighted by molar-refractivity contribution is 6.34. The zero-order valence-corrected chi connectivity index (χ0v) is 14.7. The number of imide groups is 1. The Morgan fingerprint density at radius 1 is 0.885 bits per heavy atom. The van der Waals surface area contributed by atoms with Crippen molar-refractivity contribution in [1.29, 1.82) is 0 Å². The van der Waals surface area contributed by atoms with Crippen molar-refractivity contribution in [1.82, 2.24) is 0 Å². The van der Waals surface area contributed by atoms with Gasteiger partial charge in [0.2, 0.25) is 0 Å². The molecule has 2 amide bonds. The maximum Gasteiger partial charge on any atom is 0.266 e. The maximum absolute atomic E-state index is 12.7. The van der Waals surface area contributed by atoms with Crippen molar-refractivity contribution in [2.45, 2.75) is 38.2 Å². The lowest BCUT2D eigenvalue weighted by molar-refractivity contribution is 0.0926. The summed E-state index contributed by atoms with van der Waals surface area (Å²) in [6, 6.07) is 12.1. The third-order valence-electron chi connectivity index (χ3n) is 5.05. The molecule has 0 unspecified atom stereocenters. The van der Waals surface area contributed by atoms with E-state index in [0.29, 0.717) is 28.3 Å². The standard InChI is InChI=1S/C21H21NO4/c1-25-18-12-11-14(13-19(18)26-15-7-3-2-4-8-15)22-20(23)16-9-5-6-10-17(16)21(22)24/h5-6,9-13,15H,2-4,7-8H2,1H3. The van der Waals surface area contributed by atoms with E-state index in [-0.39, 0.29) is 17.9 Å². The molecule has 2 aromatic rings. The van der Waals surface area contributed by atoms with Crippen LogP contribution in [0, 0.1) is 0 Å². The molecule has 26 heavy (non-hydrogen) atoms. The number of nitrogens with zero attached hydrogens (tertiary/aromatic N) is 1. The minimum absolute atomic E-state index is 0.148. The highest BCUT2D eigenvalue weighted by Gasteiger charge is 2.36. The van der Waals surface area contributed by atoms with Gasteiger partial charge in [-0.3, -0.25) is 9.59 Å². The van der Waals surface area contributed by atoms with Gasteiger partial charge < -0.3 is 9.47 Å². The molecule has 1 heterocycles. The summed E-state index contributed by atoms with van der Waals surface area (Å²) in [5, 5.41) is 0. The Morgan fingerprint density at radius 3 is 2.15 bits per heavy atom. The van der Waals surface area contributed by atoms with Crippen molar-refractivity contribution in [3.8, 4) is 11.5 Å². The monoisotopic (exact) mass is 351 g/mol. The first-order valence-electron chi connectivity index (χ1n) is 9.01. The molecule has 5 heteroatoms. The van der Waals surface area contributed by atoms with E-state index in [1.165, 1.54) is 11.3 Å². The molecule has 0 atom stereocenters. The molecule has 2 aromatic carbocycles. The van der Waals surface area contributed by atoms with Crippen LogP contribution in [-0.2, 0) is 0 Å². The van der Waals surface area contributed by atoms with E-state index in [4.69, 9.17) is 9.47 Å². The molecule has 0 radical (unpaired) electrons. The van der Waals surface area contributed by atoms with Crippen molar-refractivity contribution in [3.05, 3.63) is 53.6 Å². The van der Waals surface area contributed by atoms with Crippen LogP contribution in [0.1, 0.15) is 52.8 Å². The predicted molar refractivity (Wildman–Crippen MR) is 98.1 cm³/mol. The molecular weight excluding hydrogens is 330 g/mol. The smallest absolute Gasteiger partial charge is 0.266 e. The molecule has 2 aliphatic rings. The topological polar surface area (TPSA) is 55.8 Å². The van der Waals surface area contributed by atoms with Gasteiger partial charge in [-0.1, -0.05) is 18.6 Å². The van der Waals surface area contributed by atoms with Crippen molar-refractivity contribution in [2.75, 3.05) is 12.0 Å². The quantitative estimate of drug-likeness (QED) is 0.775. The first kappa shape index (κ1) is 16.6. The number of carbonyl (C=O) groups excluding carboxylic acids is 2. The van der Waals surface area contributed by atoms with E-state index in [0.717, 1.165) is 25.7 Å². The number of hydrogen-bond donors (Lipinski definition) is 0. The number of fused-ring (bicyclic) bond motifs is 1. The molecule has 0 saturated heterocycles. The molecule has 1 fully saturated rings. The van der Waals surface area contributed by atoms with Crippen LogP contribution < -0.4 is 14.4 Å². The maximum atomic E-state index is 12.7. The molecule has 4 rings (SSSR count). The van der Waals surface area contributed by atoms with Crippen LogP contribution in [-0.4, -0.2) is 25.0 Å². The molecule has 0 spiro atoms. The zero-order chi connectivity index (χ0) is 18.1. The lowest BCUT2D eigenvalue weighted by Gasteiger charge is -2.25. The van der Waals surface area contributed by atoms with Crippen LogP contribution in [0.5, 0.6) is 11.5 Å². The van der Waals surface area contributed by atoms with Crippen molar-refractivity contribution in [3.63, 3.8) is 0 Å². The Balaban J connectivity index is 1.66. The van der Waals surface area contributed by atoms with Crippen LogP contribution >= 0.6 is 0 Å². The molecular formula is C21H21NO4. The molecule has 0 bridgehead atoms. The molecule has 134 valence electrons. The number of rotatable bonds is 4. The molecule has 0 N–H and O–H groups in total. The predicted octanol–water partition coefficient (Wildman–Crippen LogP) is 4.21. The molecule has 0 aromatic heterocycles. The first-order chi connectivity index (χ1) is 12.7. The summed E-state index contributed by atoms with van der Waals surface area (Å²) in [5.74, 6) is 0.572. The highest BCUT2D eigenvalue weighted by atomic mass is 16.5. The van der Waals surface area contributed by atoms with Crippen molar-refractivity contribution in [2.24, 2.45) is 0 Å². The largest absolute Gasteiger partial charge is 0.493 e. The second-order valence-corrected chi connectivity index (χ2v) is 6.70. The number of benzene rings is 2. The van der Waals surface area contributed by atoms with E-state index >= 15 is 0 Å².